The van der Waals surface area contributed by atoms with Crippen molar-refractivity contribution in [2.24, 2.45) is 0 Å². The minimum atomic E-state index is -3.83. The van der Waals surface area contributed by atoms with Crippen molar-refractivity contribution in [1.82, 2.24) is 4.31 Å². The summed E-state index contributed by atoms with van der Waals surface area (Å²) >= 11 is 1.09. The van der Waals surface area contributed by atoms with E-state index in [2.05, 4.69) is 4.72 Å². The molecule has 0 aliphatic heterocycles. The second-order valence-electron chi connectivity index (χ2n) is 3.35. The molecule has 2 N–H and O–H groups in total. The minimum Gasteiger partial charge on any atom is -0.481 e. The van der Waals surface area contributed by atoms with Gasteiger partial charge in [0, 0.05) is 13.6 Å². The van der Waals surface area contributed by atoms with Gasteiger partial charge in [0.25, 0.3) is 0 Å². The van der Waals surface area contributed by atoms with Crippen LogP contribution in [0, 0.1) is 11.3 Å². The average Bonchev–Trinajstić information content (AvgIpc) is 2.72. The molecule has 1 aromatic heterocycles. The number of nitrogens with zero attached hydrogens (tertiary/aromatic N) is 2. The Labute approximate surface area is 108 Å². The number of nitriles is 1. The van der Waals surface area contributed by atoms with Crippen LogP contribution in [0.25, 0.3) is 0 Å². The monoisotopic (exact) mass is 289 g/mol. The molecular weight excluding hydrogens is 278 g/mol. The summed E-state index contributed by atoms with van der Waals surface area (Å²) in [5.41, 5.74) is 0.232. The molecule has 18 heavy (non-hydrogen) atoms. The first-order valence-corrected chi connectivity index (χ1v) is 7.12. The molecule has 0 unspecified atom stereocenters. The molecule has 0 fully saturated rings. The van der Waals surface area contributed by atoms with Gasteiger partial charge in [-0.05, 0) is 11.4 Å². The first kappa shape index (κ1) is 14.4. The fraction of sp³-hybridized carbons (Fsp3) is 0.333. The molecule has 0 aliphatic rings. The first-order chi connectivity index (χ1) is 8.36. The largest absolute Gasteiger partial charge is 0.481 e. The van der Waals surface area contributed by atoms with Gasteiger partial charge in [-0.15, -0.1) is 11.3 Å². The third-order valence-corrected chi connectivity index (χ3v) is 4.48. The number of thiophene rings is 1. The van der Waals surface area contributed by atoms with E-state index in [1.807, 2.05) is 6.07 Å². The highest BCUT2D eigenvalue weighted by molar-refractivity contribution is 7.90. The number of carboxylic acids is 1. The maximum Gasteiger partial charge on any atom is 0.304 e. The lowest BCUT2D eigenvalue weighted by Gasteiger charge is -2.16. The van der Waals surface area contributed by atoms with Gasteiger partial charge in [-0.3, -0.25) is 9.52 Å². The summed E-state index contributed by atoms with van der Waals surface area (Å²) < 4.78 is 26.7. The van der Waals surface area contributed by atoms with Crippen LogP contribution in [-0.2, 0) is 15.0 Å². The predicted molar refractivity (Wildman–Crippen MR) is 66.5 cm³/mol. The number of carboxylic acid groups (broad SMARTS) is 1. The zero-order chi connectivity index (χ0) is 13.8. The first-order valence-electron chi connectivity index (χ1n) is 4.80. The molecule has 0 aromatic carbocycles. The summed E-state index contributed by atoms with van der Waals surface area (Å²) in [6.07, 6.45) is -0.285. The van der Waals surface area contributed by atoms with Gasteiger partial charge in [-0.2, -0.15) is 18.0 Å². The summed E-state index contributed by atoms with van der Waals surface area (Å²) in [6.45, 7) is -0.141. The molecule has 1 rings (SSSR count). The Morgan fingerprint density at radius 1 is 1.67 bits per heavy atom. The number of carbonyl (C=O) groups is 1. The van der Waals surface area contributed by atoms with Crippen LogP contribution in [0.2, 0.25) is 0 Å². The van der Waals surface area contributed by atoms with Crippen molar-refractivity contribution in [2.45, 2.75) is 6.42 Å². The lowest BCUT2D eigenvalue weighted by molar-refractivity contribution is -0.137. The molecule has 0 atom stereocenters. The Kier molecular flexibility index (Phi) is 4.66. The van der Waals surface area contributed by atoms with Crippen molar-refractivity contribution in [1.29, 1.82) is 5.26 Å². The highest BCUT2D eigenvalue weighted by atomic mass is 32.2. The third kappa shape index (κ3) is 3.69. The topological polar surface area (TPSA) is 110 Å². The molecule has 0 aliphatic carbocycles. The van der Waals surface area contributed by atoms with E-state index in [1.165, 1.54) is 13.1 Å². The van der Waals surface area contributed by atoms with E-state index in [0.717, 1.165) is 15.6 Å². The van der Waals surface area contributed by atoms with Crippen LogP contribution < -0.4 is 4.72 Å². The van der Waals surface area contributed by atoms with E-state index in [1.54, 1.807) is 5.38 Å². The number of anilines is 1. The van der Waals surface area contributed by atoms with Crippen LogP contribution in [0.1, 0.15) is 12.0 Å². The van der Waals surface area contributed by atoms with Gasteiger partial charge < -0.3 is 5.11 Å². The Hall–Kier alpha value is -1.63. The summed E-state index contributed by atoms with van der Waals surface area (Å²) in [7, 11) is -2.56. The third-order valence-electron chi connectivity index (χ3n) is 2.06. The van der Waals surface area contributed by atoms with E-state index in [9.17, 15) is 13.2 Å². The normalized spacial score (nSPS) is 11.2. The SMILES string of the molecule is CN(CCC(=O)O)S(=O)(=O)Nc1sccc1C#N. The number of hydrogen-bond acceptors (Lipinski definition) is 5. The molecule has 7 nitrogen and oxygen atoms in total. The van der Waals surface area contributed by atoms with Crippen LogP contribution in [0.4, 0.5) is 5.00 Å². The second-order valence-corrected chi connectivity index (χ2v) is 6.04. The van der Waals surface area contributed by atoms with Gasteiger partial charge in [0.05, 0.1) is 12.0 Å². The molecule has 0 saturated heterocycles. The van der Waals surface area contributed by atoms with Gasteiger partial charge in [-0.1, -0.05) is 0 Å². The van der Waals surface area contributed by atoms with E-state index in [-0.39, 0.29) is 23.5 Å². The molecule has 0 radical (unpaired) electrons. The van der Waals surface area contributed by atoms with Gasteiger partial charge >= 0.3 is 16.2 Å². The second kappa shape index (κ2) is 5.81. The van der Waals surface area contributed by atoms with Crippen molar-refractivity contribution >= 4 is 32.5 Å². The van der Waals surface area contributed by atoms with Gasteiger partial charge in [0.1, 0.15) is 11.1 Å². The molecule has 98 valence electrons. The maximum atomic E-state index is 11.8. The van der Waals surface area contributed by atoms with Crippen LogP contribution in [0.3, 0.4) is 0 Å². The quantitative estimate of drug-likeness (QED) is 0.800. The Morgan fingerprint density at radius 3 is 2.89 bits per heavy atom. The lowest BCUT2D eigenvalue weighted by atomic mass is 10.4. The molecule has 0 amide bonds. The minimum absolute atomic E-state index is 0.141. The summed E-state index contributed by atoms with van der Waals surface area (Å²) in [6, 6.07) is 3.36. The van der Waals surface area contributed by atoms with Crippen molar-refractivity contribution in [3.05, 3.63) is 17.0 Å². The van der Waals surface area contributed by atoms with Crippen molar-refractivity contribution in [2.75, 3.05) is 18.3 Å². The van der Waals surface area contributed by atoms with Crippen molar-refractivity contribution in [3.63, 3.8) is 0 Å². The highest BCUT2D eigenvalue weighted by Gasteiger charge is 2.20. The molecule has 0 spiro atoms. The van der Waals surface area contributed by atoms with Crippen molar-refractivity contribution < 1.29 is 18.3 Å². The molecule has 1 heterocycles. The van der Waals surface area contributed by atoms with Crippen LogP contribution in [0.15, 0.2) is 11.4 Å². The standard InChI is InChI=1S/C9H11N3O4S2/c1-12(4-2-8(13)14)18(15,16)11-9-7(6-10)3-5-17-9/h3,5,11H,2,4H2,1H3,(H,13,14). The van der Waals surface area contributed by atoms with Gasteiger partial charge in [0.15, 0.2) is 0 Å². The summed E-state index contributed by atoms with van der Waals surface area (Å²) in [5.74, 6) is -1.08. The Bertz CT molecular complexity index is 573. The number of hydrogen-bond donors (Lipinski definition) is 2. The van der Waals surface area contributed by atoms with E-state index in [4.69, 9.17) is 10.4 Å². The molecule has 0 saturated carbocycles. The fourth-order valence-corrected chi connectivity index (χ4v) is 2.97. The fourth-order valence-electron chi connectivity index (χ4n) is 1.04. The number of aliphatic carboxylic acids is 1. The maximum absolute atomic E-state index is 11.8. The summed E-state index contributed by atoms with van der Waals surface area (Å²) in [4.78, 5) is 10.4. The van der Waals surface area contributed by atoms with E-state index >= 15 is 0 Å². The highest BCUT2D eigenvalue weighted by Crippen LogP contribution is 2.23. The Morgan fingerprint density at radius 2 is 2.33 bits per heavy atom. The summed E-state index contributed by atoms with van der Waals surface area (Å²) in [5, 5.41) is 19.0. The number of rotatable bonds is 6. The average molecular weight is 289 g/mol. The lowest BCUT2D eigenvalue weighted by Crippen LogP contribution is -2.34. The van der Waals surface area contributed by atoms with Crippen LogP contribution in [-0.4, -0.2) is 37.4 Å². The smallest absolute Gasteiger partial charge is 0.304 e. The molecule has 1 aromatic rings. The van der Waals surface area contributed by atoms with E-state index < -0.39 is 16.2 Å². The molecular formula is C9H11N3O4S2. The van der Waals surface area contributed by atoms with Gasteiger partial charge in [0.2, 0.25) is 0 Å². The predicted octanol–water partition coefficient (Wildman–Crippen LogP) is 0.683. The number of nitrogens with one attached hydrogen (secondary N) is 1. The van der Waals surface area contributed by atoms with Crippen molar-refractivity contribution in [3.8, 4) is 6.07 Å². The zero-order valence-corrected chi connectivity index (χ0v) is 11.1. The Balaban J connectivity index is 2.76. The molecule has 9 heteroatoms. The van der Waals surface area contributed by atoms with Crippen LogP contribution in [0.5, 0.6) is 0 Å². The van der Waals surface area contributed by atoms with Crippen LogP contribution >= 0.6 is 11.3 Å². The zero-order valence-electron chi connectivity index (χ0n) is 9.45. The van der Waals surface area contributed by atoms with Gasteiger partial charge in [-0.25, -0.2) is 0 Å². The van der Waals surface area contributed by atoms with E-state index in [0.29, 0.717) is 0 Å². The molecule has 0 bridgehead atoms.